The molecule has 0 aliphatic rings. The van der Waals surface area contributed by atoms with Crippen molar-refractivity contribution in [2.24, 2.45) is 5.92 Å². The Balaban J connectivity index is 2.93. The van der Waals surface area contributed by atoms with Crippen molar-refractivity contribution in [2.75, 3.05) is 13.7 Å². The summed E-state index contributed by atoms with van der Waals surface area (Å²) in [6.45, 7) is 3.49. The lowest BCUT2D eigenvalue weighted by Gasteiger charge is -2.14. The summed E-state index contributed by atoms with van der Waals surface area (Å²) in [7, 11) is -2.57. The van der Waals surface area contributed by atoms with Gasteiger partial charge < -0.3 is 9.84 Å². The second-order valence-electron chi connectivity index (χ2n) is 4.40. The first-order valence-electron chi connectivity index (χ1n) is 5.74. The minimum Gasteiger partial charge on any atom is -0.465 e. The normalized spacial score (nSPS) is 13.5. The molecular weight excluding hydrogens is 370 g/mol. The number of carbonyl (C=O) groups is 1. The predicted molar refractivity (Wildman–Crippen MR) is 79.4 cm³/mol. The number of methoxy groups -OCH3 is 1. The van der Waals surface area contributed by atoms with Crippen LogP contribution in [0.15, 0.2) is 14.7 Å². The largest absolute Gasteiger partial charge is 0.465 e. The first-order valence-corrected chi connectivity index (χ1v) is 8.83. The van der Waals surface area contributed by atoms with Gasteiger partial charge in [0.1, 0.15) is 9.77 Å². The highest BCUT2D eigenvalue weighted by atomic mass is 79.9. The van der Waals surface area contributed by atoms with Crippen molar-refractivity contribution in [1.29, 1.82) is 0 Å². The molecule has 0 saturated carbocycles. The van der Waals surface area contributed by atoms with Crippen molar-refractivity contribution in [1.82, 2.24) is 4.72 Å². The number of thiophene rings is 1. The average Bonchev–Trinajstić information content (AvgIpc) is 2.77. The van der Waals surface area contributed by atoms with E-state index in [9.17, 15) is 18.3 Å². The second-order valence-corrected chi connectivity index (χ2v) is 8.51. The minimum absolute atomic E-state index is 0.0427. The topological polar surface area (TPSA) is 92.7 Å². The zero-order valence-corrected chi connectivity index (χ0v) is 14.4. The smallest absolute Gasteiger partial charge is 0.348 e. The van der Waals surface area contributed by atoms with Gasteiger partial charge in [0.2, 0.25) is 10.0 Å². The number of aliphatic hydroxyl groups excluding tert-OH is 1. The number of carbonyl (C=O) groups excluding carboxylic acids is 1. The fraction of sp³-hybridized carbons (Fsp3) is 0.545. The molecule has 0 spiro atoms. The van der Waals surface area contributed by atoms with Crippen LogP contribution in [0.3, 0.4) is 0 Å². The summed E-state index contributed by atoms with van der Waals surface area (Å²) in [4.78, 5) is 11.5. The molecule has 1 atom stereocenters. The van der Waals surface area contributed by atoms with Crippen LogP contribution in [-0.2, 0) is 14.8 Å². The molecule has 0 aliphatic heterocycles. The van der Waals surface area contributed by atoms with Crippen molar-refractivity contribution in [2.45, 2.75) is 24.8 Å². The molecule has 0 radical (unpaired) electrons. The van der Waals surface area contributed by atoms with Gasteiger partial charge in [0.25, 0.3) is 0 Å². The van der Waals surface area contributed by atoms with Crippen molar-refractivity contribution in [3.8, 4) is 0 Å². The van der Waals surface area contributed by atoms with Gasteiger partial charge in [-0.2, -0.15) is 0 Å². The van der Waals surface area contributed by atoms with Gasteiger partial charge in [0, 0.05) is 6.54 Å². The third-order valence-electron chi connectivity index (χ3n) is 2.58. The lowest BCUT2D eigenvalue weighted by Crippen LogP contribution is -2.34. The SMILES string of the molecule is COC(=O)c1cc(S(=O)(=O)NCC(O)C(C)C)c(Br)s1. The van der Waals surface area contributed by atoms with Gasteiger partial charge in [0.15, 0.2) is 0 Å². The highest BCUT2D eigenvalue weighted by molar-refractivity contribution is 9.11. The maximum atomic E-state index is 12.1. The third kappa shape index (κ3) is 4.26. The predicted octanol–water partition coefficient (Wildman–Crippen LogP) is 1.59. The lowest BCUT2D eigenvalue weighted by atomic mass is 10.1. The van der Waals surface area contributed by atoms with E-state index < -0.39 is 22.1 Å². The molecular formula is C11H16BrNO5S2. The van der Waals surface area contributed by atoms with Crippen LogP contribution in [0, 0.1) is 5.92 Å². The molecule has 0 bridgehead atoms. The Morgan fingerprint density at radius 1 is 1.55 bits per heavy atom. The number of halogens is 1. The van der Waals surface area contributed by atoms with Gasteiger partial charge in [-0.15, -0.1) is 11.3 Å². The lowest BCUT2D eigenvalue weighted by molar-refractivity contribution is 0.0606. The van der Waals surface area contributed by atoms with Crippen LogP contribution in [0.1, 0.15) is 23.5 Å². The molecule has 20 heavy (non-hydrogen) atoms. The van der Waals surface area contributed by atoms with Crippen LogP contribution >= 0.6 is 27.3 Å². The van der Waals surface area contributed by atoms with Crippen LogP contribution in [0.2, 0.25) is 0 Å². The Hall–Kier alpha value is -0.480. The number of ether oxygens (including phenoxy) is 1. The van der Waals surface area contributed by atoms with Gasteiger partial charge in [-0.3, -0.25) is 0 Å². The number of hydrogen-bond donors (Lipinski definition) is 2. The Labute approximate surface area is 130 Å². The van der Waals surface area contributed by atoms with Crippen molar-refractivity contribution in [3.63, 3.8) is 0 Å². The summed E-state index contributed by atoms with van der Waals surface area (Å²) >= 11 is 4.09. The maximum absolute atomic E-state index is 12.1. The van der Waals surface area contributed by atoms with E-state index in [1.807, 2.05) is 0 Å². The first kappa shape index (κ1) is 17.6. The summed E-state index contributed by atoms with van der Waals surface area (Å²) in [5.41, 5.74) is 0. The number of nitrogens with one attached hydrogen (secondary N) is 1. The van der Waals surface area contributed by atoms with Crippen LogP contribution in [-0.4, -0.2) is 39.3 Å². The standard InChI is InChI=1S/C11H16BrNO5S2/c1-6(2)7(14)5-13-20(16,17)9-4-8(11(15)18-3)19-10(9)12/h4,6-7,13-14H,5H2,1-3H3. The summed E-state index contributed by atoms with van der Waals surface area (Å²) in [6, 6.07) is 1.24. The van der Waals surface area contributed by atoms with E-state index in [2.05, 4.69) is 25.4 Å². The Morgan fingerprint density at radius 2 is 2.15 bits per heavy atom. The molecule has 6 nitrogen and oxygen atoms in total. The highest BCUT2D eigenvalue weighted by Gasteiger charge is 2.24. The molecule has 9 heteroatoms. The maximum Gasteiger partial charge on any atom is 0.348 e. The molecule has 0 aliphatic carbocycles. The Bertz CT molecular complexity index is 582. The number of sulfonamides is 1. The molecule has 1 unspecified atom stereocenters. The van der Waals surface area contributed by atoms with Gasteiger partial charge in [-0.1, -0.05) is 13.8 Å². The molecule has 0 amide bonds. The van der Waals surface area contributed by atoms with Crippen LogP contribution in [0.5, 0.6) is 0 Å². The minimum atomic E-state index is -3.79. The summed E-state index contributed by atoms with van der Waals surface area (Å²) < 4.78 is 31.4. The van der Waals surface area contributed by atoms with E-state index in [1.165, 1.54) is 13.2 Å². The molecule has 0 aromatic carbocycles. The van der Waals surface area contributed by atoms with Gasteiger partial charge in [0.05, 0.1) is 17.0 Å². The van der Waals surface area contributed by atoms with E-state index in [-0.39, 0.29) is 22.2 Å². The quantitative estimate of drug-likeness (QED) is 0.725. The van der Waals surface area contributed by atoms with E-state index in [1.54, 1.807) is 13.8 Å². The number of hydrogen-bond acceptors (Lipinski definition) is 6. The first-order chi connectivity index (χ1) is 9.19. The van der Waals surface area contributed by atoms with Crippen LogP contribution in [0.25, 0.3) is 0 Å². The fourth-order valence-electron chi connectivity index (χ4n) is 1.25. The fourth-order valence-corrected chi connectivity index (χ4v) is 4.78. The van der Waals surface area contributed by atoms with Gasteiger partial charge in [-0.05, 0) is 27.9 Å². The summed E-state index contributed by atoms with van der Waals surface area (Å²) in [5, 5.41) is 9.63. The summed E-state index contributed by atoms with van der Waals surface area (Å²) in [6.07, 6.45) is -0.776. The Morgan fingerprint density at radius 3 is 2.65 bits per heavy atom. The molecule has 0 fully saturated rings. The van der Waals surface area contributed by atoms with Crippen molar-refractivity contribution < 1.29 is 23.1 Å². The average molecular weight is 386 g/mol. The molecule has 1 heterocycles. The van der Waals surface area contributed by atoms with Gasteiger partial charge in [-0.25, -0.2) is 17.9 Å². The van der Waals surface area contributed by atoms with E-state index >= 15 is 0 Å². The highest BCUT2D eigenvalue weighted by Crippen LogP contribution is 2.32. The molecule has 2 N–H and O–H groups in total. The van der Waals surface area contributed by atoms with Crippen molar-refractivity contribution in [3.05, 3.63) is 14.7 Å². The molecule has 1 rings (SSSR count). The zero-order valence-electron chi connectivity index (χ0n) is 11.2. The number of esters is 1. The third-order valence-corrected chi connectivity index (χ3v) is 6.24. The zero-order chi connectivity index (χ0) is 15.5. The molecule has 1 aromatic rings. The number of rotatable bonds is 6. The van der Waals surface area contributed by atoms with Crippen LogP contribution in [0.4, 0.5) is 0 Å². The van der Waals surface area contributed by atoms with E-state index in [4.69, 9.17) is 0 Å². The monoisotopic (exact) mass is 385 g/mol. The molecule has 114 valence electrons. The molecule has 1 aromatic heterocycles. The Kier molecular flexibility index (Phi) is 6.14. The van der Waals surface area contributed by atoms with Crippen LogP contribution < -0.4 is 4.72 Å². The molecule has 0 saturated heterocycles. The second kappa shape index (κ2) is 6.99. The van der Waals surface area contributed by atoms with Crippen molar-refractivity contribution >= 4 is 43.3 Å². The van der Waals surface area contributed by atoms with E-state index in [0.717, 1.165) is 11.3 Å². The number of aliphatic hydroxyl groups is 1. The van der Waals surface area contributed by atoms with Gasteiger partial charge >= 0.3 is 5.97 Å². The van der Waals surface area contributed by atoms with E-state index in [0.29, 0.717) is 3.79 Å². The summed E-state index contributed by atoms with van der Waals surface area (Å²) in [5.74, 6) is -0.659.